The molecule has 5 nitrogen and oxygen atoms in total. The van der Waals surface area contributed by atoms with Crippen LogP contribution in [0.1, 0.15) is 46.0 Å². The van der Waals surface area contributed by atoms with Crippen LogP contribution in [0.2, 0.25) is 0 Å². The van der Waals surface area contributed by atoms with Gasteiger partial charge in [0.1, 0.15) is 5.54 Å². The number of hydrogen-bond acceptors (Lipinski definition) is 4. The van der Waals surface area contributed by atoms with Gasteiger partial charge in [0.2, 0.25) is 0 Å². The molecule has 1 aliphatic carbocycles. The Morgan fingerprint density at radius 1 is 1.24 bits per heavy atom. The van der Waals surface area contributed by atoms with Crippen LogP contribution in [0.4, 0.5) is 0 Å². The monoisotopic (exact) mass is 297 g/mol. The van der Waals surface area contributed by atoms with Crippen molar-refractivity contribution in [3.8, 4) is 0 Å². The lowest BCUT2D eigenvalue weighted by Crippen LogP contribution is -2.54. The van der Waals surface area contributed by atoms with E-state index < -0.39 is 11.5 Å². The highest BCUT2D eigenvalue weighted by atomic mass is 16.4. The van der Waals surface area contributed by atoms with Gasteiger partial charge in [0.25, 0.3) is 0 Å². The Balaban J connectivity index is 1.73. The Hall–Kier alpha value is -0.650. The largest absolute Gasteiger partial charge is 0.480 e. The fourth-order valence-electron chi connectivity index (χ4n) is 3.66. The number of nitrogens with one attached hydrogen (secondary N) is 1. The molecule has 0 aromatic carbocycles. The minimum atomic E-state index is -0.794. The van der Waals surface area contributed by atoms with Gasteiger partial charge >= 0.3 is 5.97 Å². The molecule has 2 fully saturated rings. The Labute approximate surface area is 128 Å². The first-order valence-electron chi connectivity index (χ1n) is 8.50. The van der Waals surface area contributed by atoms with Crippen LogP contribution < -0.4 is 5.32 Å². The summed E-state index contributed by atoms with van der Waals surface area (Å²) in [6.07, 6.45) is 6.20. The number of rotatable bonds is 7. The molecular formula is C16H31N3O2. The quantitative estimate of drug-likeness (QED) is 0.744. The summed E-state index contributed by atoms with van der Waals surface area (Å²) in [5.74, 6) is -0.742. The third-order valence-corrected chi connectivity index (χ3v) is 5.21. The minimum Gasteiger partial charge on any atom is -0.480 e. The zero-order valence-corrected chi connectivity index (χ0v) is 13.6. The van der Waals surface area contributed by atoms with Crippen LogP contribution in [0.5, 0.6) is 0 Å². The molecule has 0 aromatic rings. The van der Waals surface area contributed by atoms with Gasteiger partial charge in [0.15, 0.2) is 0 Å². The minimum absolute atomic E-state index is 0.666. The number of nitrogens with zero attached hydrogens (tertiary/aromatic N) is 2. The summed E-state index contributed by atoms with van der Waals surface area (Å²) in [4.78, 5) is 16.5. The number of hydrogen-bond donors (Lipinski definition) is 2. The third-order valence-electron chi connectivity index (χ3n) is 5.21. The van der Waals surface area contributed by atoms with Crippen molar-refractivity contribution < 1.29 is 9.90 Å². The predicted molar refractivity (Wildman–Crippen MR) is 84.6 cm³/mol. The maximum atomic E-state index is 11.4. The van der Waals surface area contributed by atoms with Crippen molar-refractivity contribution in [1.29, 1.82) is 0 Å². The summed E-state index contributed by atoms with van der Waals surface area (Å²) >= 11 is 0. The molecular weight excluding hydrogens is 266 g/mol. The van der Waals surface area contributed by atoms with Crippen LogP contribution in [-0.2, 0) is 4.79 Å². The van der Waals surface area contributed by atoms with E-state index in [0.29, 0.717) is 13.0 Å². The molecule has 0 radical (unpaired) electrons. The molecule has 21 heavy (non-hydrogen) atoms. The Kier molecular flexibility index (Phi) is 6.02. The summed E-state index contributed by atoms with van der Waals surface area (Å²) in [5, 5.41) is 12.5. The van der Waals surface area contributed by atoms with Gasteiger partial charge in [-0.15, -0.1) is 0 Å². The highest BCUT2D eigenvalue weighted by Crippen LogP contribution is 2.24. The molecule has 1 heterocycles. The molecule has 1 atom stereocenters. The molecule has 2 rings (SSSR count). The number of carbonyl (C=O) groups is 1. The molecule has 0 spiro atoms. The van der Waals surface area contributed by atoms with Gasteiger partial charge in [-0.1, -0.05) is 19.8 Å². The average Bonchev–Trinajstić information content (AvgIpc) is 3.00. The first kappa shape index (κ1) is 16.7. The first-order valence-corrected chi connectivity index (χ1v) is 8.50. The van der Waals surface area contributed by atoms with Crippen molar-refractivity contribution in [2.75, 3.05) is 39.3 Å². The second-order valence-electron chi connectivity index (χ2n) is 6.73. The Morgan fingerprint density at radius 2 is 1.86 bits per heavy atom. The molecule has 0 bridgehead atoms. The van der Waals surface area contributed by atoms with E-state index in [1.54, 1.807) is 6.92 Å². The fraction of sp³-hybridized carbons (Fsp3) is 0.938. The highest BCUT2D eigenvalue weighted by molar-refractivity contribution is 5.78. The van der Waals surface area contributed by atoms with Crippen molar-refractivity contribution in [3.63, 3.8) is 0 Å². The van der Waals surface area contributed by atoms with Crippen molar-refractivity contribution >= 4 is 5.97 Å². The van der Waals surface area contributed by atoms with Crippen LogP contribution in [0.3, 0.4) is 0 Å². The number of piperazine rings is 1. The van der Waals surface area contributed by atoms with Crippen LogP contribution in [0, 0.1) is 0 Å². The van der Waals surface area contributed by atoms with Gasteiger partial charge < -0.3 is 15.3 Å². The molecule has 2 aliphatic rings. The lowest BCUT2D eigenvalue weighted by atomic mass is 9.97. The topological polar surface area (TPSA) is 55.8 Å². The third kappa shape index (κ3) is 4.41. The molecule has 0 aromatic heterocycles. The van der Waals surface area contributed by atoms with E-state index in [-0.39, 0.29) is 0 Å². The van der Waals surface area contributed by atoms with Crippen LogP contribution in [-0.4, -0.2) is 71.7 Å². The second-order valence-corrected chi connectivity index (χ2v) is 6.73. The highest BCUT2D eigenvalue weighted by Gasteiger charge is 2.33. The normalized spacial score (nSPS) is 25.0. The summed E-state index contributed by atoms with van der Waals surface area (Å²) in [5.41, 5.74) is -0.794. The summed E-state index contributed by atoms with van der Waals surface area (Å²) in [7, 11) is 0. The molecule has 2 N–H and O–H groups in total. The van der Waals surface area contributed by atoms with Crippen LogP contribution in [0.15, 0.2) is 0 Å². The van der Waals surface area contributed by atoms with E-state index in [1.807, 2.05) is 6.92 Å². The Morgan fingerprint density at radius 3 is 2.38 bits per heavy atom. The summed E-state index contributed by atoms with van der Waals surface area (Å²) in [6, 6.07) is 0.818. The fourth-order valence-corrected chi connectivity index (χ4v) is 3.66. The van der Waals surface area contributed by atoms with Gasteiger partial charge in [0.05, 0.1) is 0 Å². The molecule has 1 saturated heterocycles. The zero-order valence-electron chi connectivity index (χ0n) is 13.6. The lowest BCUT2D eigenvalue weighted by Gasteiger charge is -2.39. The summed E-state index contributed by atoms with van der Waals surface area (Å²) < 4.78 is 0. The smallest absolute Gasteiger partial charge is 0.323 e. The molecule has 0 amide bonds. The van der Waals surface area contributed by atoms with Crippen molar-refractivity contribution in [3.05, 3.63) is 0 Å². The van der Waals surface area contributed by atoms with E-state index in [0.717, 1.165) is 38.8 Å². The summed E-state index contributed by atoms with van der Waals surface area (Å²) in [6.45, 7) is 9.78. The second kappa shape index (κ2) is 7.56. The standard InChI is InChI=1S/C16H31N3O2/c1-3-17-16(2,15(20)21)8-9-18-10-12-19(13-11-18)14-6-4-5-7-14/h14,17H,3-13H2,1-2H3,(H,20,21). The molecule has 122 valence electrons. The van der Waals surface area contributed by atoms with Crippen molar-refractivity contribution in [1.82, 2.24) is 15.1 Å². The van der Waals surface area contributed by atoms with Gasteiger partial charge in [-0.2, -0.15) is 0 Å². The maximum Gasteiger partial charge on any atom is 0.323 e. The van der Waals surface area contributed by atoms with E-state index in [4.69, 9.17) is 0 Å². The average molecular weight is 297 g/mol. The first-order chi connectivity index (χ1) is 10.0. The lowest BCUT2D eigenvalue weighted by molar-refractivity contribution is -0.144. The van der Waals surface area contributed by atoms with Gasteiger partial charge in [-0.05, 0) is 32.7 Å². The number of likely N-dealkylation sites (N-methyl/N-ethyl adjacent to an activating group) is 1. The van der Waals surface area contributed by atoms with Crippen molar-refractivity contribution in [2.45, 2.75) is 57.5 Å². The number of carboxylic acid groups (broad SMARTS) is 1. The van der Waals surface area contributed by atoms with E-state index in [1.165, 1.54) is 25.7 Å². The van der Waals surface area contributed by atoms with Crippen LogP contribution in [0.25, 0.3) is 0 Å². The van der Waals surface area contributed by atoms with E-state index >= 15 is 0 Å². The maximum absolute atomic E-state index is 11.4. The SMILES string of the molecule is CCNC(C)(CCN1CCN(C2CCCC2)CC1)C(=O)O. The molecule has 5 heteroatoms. The molecule has 1 unspecified atom stereocenters. The van der Waals surface area contributed by atoms with E-state index in [2.05, 4.69) is 15.1 Å². The van der Waals surface area contributed by atoms with Gasteiger partial charge in [0, 0.05) is 38.8 Å². The number of carboxylic acids is 1. The Bertz CT molecular complexity index is 336. The van der Waals surface area contributed by atoms with Gasteiger partial charge in [-0.3, -0.25) is 9.69 Å². The van der Waals surface area contributed by atoms with E-state index in [9.17, 15) is 9.90 Å². The molecule has 1 saturated carbocycles. The zero-order chi connectivity index (χ0) is 15.3. The number of aliphatic carboxylic acids is 1. The predicted octanol–water partition coefficient (Wildman–Crippen LogP) is 1.39. The van der Waals surface area contributed by atoms with Gasteiger partial charge in [-0.25, -0.2) is 0 Å². The van der Waals surface area contributed by atoms with Crippen LogP contribution >= 0.6 is 0 Å². The molecule has 1 aliphatic heterocycles. The van der Waals surface area contributed by atoms with Crippen molar-refractivity contribution in [2.24, 2.45) is 0 Å².